The van der Waals surface area contributed by atoms with Crippen LogP contribution >= 0.6 is 0 Å². The van der Waals surface area contributed by atoms with Crippen LogP contribution in [0, 0.1) is 23.3 Å². The lowest BCUT2D eigenvalue weighted by atomic mass is 10.2. The van der Waals surface area contributed by atoms with E-state index in [1.807, 2.05) is 5.32 Å². The number of nitrogens with one attached hydrogen (secondary N) is 2. The molecule has 23 heavy (non-hydrogen) atoms. The van der Waals surface area contributed by atoms with Gasteiger partial charge in [-0.05, 0) is 36.4 Å². The second kappa shape index (κ2) is 6.91. The zero-order valence-electron chi connectivity index (χ0n) is 11.5. The molecular formula is C15H10F4N2O2. The third kappa shape index (κ3) is 4.06. The average molecular weight is 326 g/mol. The molecule has 2 rings (SSSR count). The monoisotopic (exact) mass is 326 g/mol. The highest BCUT2D eigenvalue weighted by atomic mass is 19.2. The van der Waals surface area contributed by atoms with E-state index in [1.54, 1.807) is 0 Å². The minimum atomic E-state index is -1.71. The van der Waals surface area contributed by atoms with Gasteiger partial charge in [-0.1, -0.05) is 0 Å². The van der Waals surface area contributed by atoms with Gasteiger partial charge in [-0.3, -0.25) is 9.59 Å². The Morgan fingerprint density at radius 2 is 1.52 bits per heavy atom. The fraction of sp³-hybridized carbons (Fsp3) is 0.0667. The molecule has 0 saturated heterocycles. The van der Waals surface area contributed by atoms with E-state index in [-0.39, 0.29) is 5.56 Å². The van der Waals surface area contributed by atoms with E-state index in [2.05, 4.69) is 5.32 Å². The molecule has 8 heteroatoms. The van der Waals surface area contributed by atoms with Crippen LogP contribution in [0.4, 0.5) is 23.2 Å². The number of rotatable bonds is 4. The Hall–Kier alpha value is -2.90. The maximum atomic E-state index is 13.4. The first-order chi connectivity index (χ1) is 10.9. The molecule has 0 saturated carbocycles. The van der Waals surface area contributed by atoms with Crippen LogP contribution in [-0.2, 0) is 4.79 Å². The number of carbonyl (C=O) groups is 2. The molecule has 0 bridgehead atoms. The summed E-state index contributed by atoms with van der Waals surface area (Å²) in [4.78, 5) is 23.3. The summed E-state index contributed by atoms with van der Waals surface area (Å²) in [5.41, 5.74) is -0.428. The number of hydrogen-bond donors (Lipinski definition) is 2. The molecule has 120 valence electrons. The molecule has 4 nitrogen and oxygen atoms in total. The first-order valence-corrected chi connectivity index (χ1v) is 6.35. The van der Waals surface area contributed by atoms with Gasteiger partial charge in [-0.25, -0.2) is 17.6 Å². The zero-order valence-corrected chi connectivity index (χ0v) is 11.5. The van der Waals surface area contributed by atoms with Crippen molar-refractivity contribution in [2.24, 2.45) is 0 Å². The molecule has 0 heterocycles. The van der Waals surface area contributed by atoms with Crippen LogP contribution in [0.3, 0.4) is 0 Å². The topological polar surface area (TPSA) is 58.2 Å². The highest BCUT2D eigenvalue weighted by Crippen LogP contribution is 2.19. The summed E-state index contributed by atoms with van der Waals surface area (Å²) in [6, 6.07) is 6.10. The number of carbonyl (C=O) groups excluding carboxylic acids is 2. The van der Waals surface area contributed by atoms with Crippen molar-refractivity contribution >= 4 is 17.5 Å². The van der Waals surface area contributed by atoms with Gasteiger partial charge < -0.3 is 10.6 Å². The Balaban J connectivity index is 1.94. The number of benzene rings is 2. The van der Waals surface area contributed by atoms with Gasteiger partial charge >= 0.3 is 0 Å². The summed E-state index contributed by atoms with van der Waals surface area (Å²) < 4.78 is 51.9. The maximum absolute atomic E-state index is 13.4. The van der Waals surface area contributed by atoms with Gasteiger partial charge in [0, 0.05) is 5.56 Å². The third-order valence-electron chi connectivity index (χ3n) is 2.83. The van der Waals surface area contributed by atoms with Crippen LogP contribution in [0.5, 0.6) is 0 Å². The minimum Gasteiger partial charge on any atom is -0.343 e. The van der Waals surface area contributed by atoms with Crippen LogP contribution in [0.1, 0.15) is 10.4 Å². The van der Waals surface area contributed by atoms with E-state index in [0.29, 0.717) is 6.07 Å². The van der Waals surface area contributed by atoms with E-state index in [4.69, 9.17) is 0 Å². The van der Waals surface area contributed by atoms with Crippen LogP contribution in [-0.4, -0.2) is 18.4 Å². The van der Waals surface area contributed by atoms with E-state index in [9.17, 15) is 27.2 Å². The van der Waals surface area contributed by atoms with Crippen molar-refractivity contribution in [3.8, 4) is 0 Å². The lowest BCUT2D eigenvalue weighted by molar-refractivity contribution is -0.115. The normalized spacial score (nSPS) is 10.3. The van der Waals surface area contributed by atoms with Crippen LogP contribution in [0.15, 0.2) is 36.4 Å². The third-order valence-corrected chi connectivity index (χ3v) is 2.83. The molecule has 0 fully saturated rings. The summed E-state index contributed by atoms with van der Waals surface area (Å²) in [7, 11) is 0. The smallest absolute Gasteiger partial charge is 0.251 e. The molecule has 0 aromatic heterocycles. The molecule has 0 atom stereocenters. The van der Waals surface area contributed by atoms with Gasteiger partial charge in [0.15, 0.2) is 17.5 Å². The summed E-state index contributed by atoms with van der Waals surface area (Å²) >= 11 is 0. The van der Waals surface area contributed by atoms with Gasteiger partial charge in [0.2, 0.25) is 5.91 Å². The molecule has 0 aliphatic heterocycles. The van der Waals surface area contributed by atoms with Gasteiger partial charge in [-0.15, -0.1) is 0 Å². The van der Waals surface area contributed by atoms with E-state index >= 15 is 0 Å². The van der Waals surface area contributed by atoms with Crippen molar-refractivity contribution in [1.82, 2.24) is 5.32 Å². The second-order valence-electron chi connectivity index (χ2n) is 4.46. The average Bonchev–Trinajstić information content (AvgIpc) is 2.54. The van der Waals surface area contributed by atoms with Crippen molar-refractivity contribution in [3.63, 3.8) is 0 Å². The number of amides is 2. The molecule has 2 aromatic carbocycles. The largest absolute Gasteiger partial charge is 0.343 e. The summed E-state index contributed by atoms with van der Waals surface area (Å²) in [6.45, 7) is -0.533. The first kappa shape index (κ1) is 16.5. The molecule has 0 unspecified atom stereocenters. The van der Waals surface area contributed by atoms with Crippen LogP contribution in [0.25, 0.3) is 0 Å². The standard InChI is InChI=1S/C15H10F4N2O2/c16-9-3-1-8(2-4-9)15(23)20-7-12(22)21-11-6-5-10(17)13(18)14(11)19/h1-6H,7H2,(H,20,23)(H,21,22). The summed E-state index contributed by atoms with van der Waals surface area (Å²) in [6.07, 6.45) is 0. The van der Waals surface area contributed by atoms with Crippen molar-refractivity contribution in [2.75, 3.05) is 11.9 Å². The first-order valence-electron chi connectivity index (χ1n) is 6.35. The lowest BCUT2D eigenvalue weighted by Gasteiger charge is -2.08. The fourth-order valence-electron chi connectivity index (χ4n) is 1.68. The molecule has 2 amide bonds. The predicted octanol–water partition coefficient (Wildman–Crippen LogP) is 2.61. The molecule has 0 radical (unpaired) electrons. The number of hydrogen-bond acceptors (Lipinski definition) is 2. The predicted molar refractivity (Wildman–Crippen MR) is 73.7 cm³/mol. The van der Waals surface area contributed by atoms with Gasteiger partial charge in [0.05, 0.1) is 12.2 Å². The molecular weight excluding hydrogens is 316 g/mol. The Kier molecular flexibility index (Phi) is 4.95. The van der Waals surface area contributed by atoms with Crippen molar-refractivity contribution < 1.29 is 27.2 Å². The van der Waals surface area contributed by atoms with Crippen LogP contribution < -0.4 is 10.6 Å². The maximum Gasteiger partial charge on any atom is 0.251 e. The molecule has 2 aromatic rings. The Morgan fingerprint density at radius 3 is 2.17 bits per heavy atom. The molecule has 2 N–H and O–H groups in total. The molecule has 0 aliphatic carbocycles. The molecule has 0 spiro atoms. The number of anilines is 1. The minimum absolute atomic E-state index is 0.123. The van der Waals surface area contributed by atoms with Crippen molar-refractivity contribution in [3.05, 3.63) is 65.2 Å². The van der Waals surface area contributed by atoms with Crippen LogP contribution in [0.2, 0.25) is 0 Å². The molecule has 0 aliphatic rings. The zero-order chi connectivity index (χ0) is 17.0. The van der Waals surface area contributed by atoms with Gasteiger partial charge in [0.1, 0.15) is 5.82 Å². The van der Waals surface area contributed by atoms with E-state index in [0.717, 1.165) is 18.2 Å². The van der Waals surface area contributed by atoms with Gasteiger partial charge in [0.25, 0.3) is 5.91 Å². The Morgan fingerprint density at radius 1 is 0.870 bits per heavy atom. The highest BCUT2D eigenvalue weighted by Gasteiger charge is 2.15. The number of halogens is 4. The Bertz CT molecular complexity index is 748. The second-order valence-corrected chi connectivity index (χ2v) is 4.46. The lowest BCUT2D eigenvalue weighted by Crippen LogP contribution is -2.33. The fourth-order valence-corrected chi connectivity index (χ4v) is 1.68. The van der Waals surface area contributed by atoms with Crippen molar-refractivity contribution in [1.29, 1.82) is 0 Å². The van der Waals surface area contributed by atoms with E-state index < -0.39 is 47.3 Å². The quantitative estimate of drug-likeness (QED) is 0.670. The van der Waals surface area contributed by atoms with E-state index in [1.165, 1.54) is 12.1 Å². The summed E-state index contributed by atoms with van der Waals surface area (Å²) in [5, 5.41) is 4.22. The highest BCUT2D eigenvalue weighted by molar-refractivity contribution is 5.99. The Labute approximate surface area is 128 Å². The SMILES string of the molecule is O=C(CNC(=O)c1ccc(F)cc1)Nc1ccc(F)c(F)c1F. The summed E-state index contributed by atoms with van der Waals surface area (Å²) in [5.74, 6) is -6.64. The van der Waals surface area contributed by atoms with Gasteiger partial charge in [-0.2, -0.15) is 0 Å². The van der Waals surface area contributed by atoms with Crippen molar-refractivity contribution in [2.45, 2.75) is 0 Å².